The molecule has 0 heterocycles. The molecule has 0 aromatic heterocycles. The number of urea groups is 1. The molecule has 1 aliphatic rings. The lowest BCUT2D eigenvalue weighted by Gasteiger charge is -2.26. The normalized spacial score (nSPS) is 18.5. The first-order valence-electron chi connectivity index (χ1n) is 9.74. The molecule has 0 bridgehead atoms. The molecule has 0 aliphatic heterocycles. The van der Waals surface area contributed by atoms with Gasteiger partial charge in [-0.1, -0.05) is 36.4 Å². The molecule has 3 rings (SSSR count). The second kappa shape index (κ2) is 9.73. The van der Waals surface area contributed by atoms with Crippen LogP contribution in [-0.4, -0.2) is 29.1 Å². The van der Waals surface area contributed by atoms with Gasteiger partial charge in [-0.25, -0.2) is 4.79 Å². The highest BCUT2D eigenvalue weighted by molar-refractivity contribution is 5.96. The summed E-state index contributed by atoms with van der Waals surface area (Å²) in [6.07, 6.45) is 2.42. The number of hydrogen-bond donors (Lipinski definition) is 4. The lowest BCUT2D eigenvalue weighted by molar-refractivity contribution is -0.142. The summed E-state index contributed by atoms with van der Waals surface area (Å²) in [5.41, 5.74) is 1.99. The van der Waals surface area contributed by atoms with Gasteiger partial charge in [0.25, 0.3) is 5.91 Å². The Morgan fingerprint density at radius 1 is 0.931 bits per heavy atom. The van der Waals surface area contributed by atoms with Gasteiger partial charge in [0.05, 0.1) is 5.92 Å². The van der Waals surface area contributed by atoms with Crippen LogP contribution >= 0.6 is 0 Å². The van der Waals surface area contributed by atoms with Crippen molar-refractivity contribution in [3.63, 3.8) is 0 Å². The lowest BCUT2D eigenvalue weighted by Crippen LogP contribution is -2.41. The van der Waals surface area contributed by atoms with Gasteiger partial charge in [0.2, 0.25) is 0 Å². The van der Waals surface area contributed by atoms with Crippen LogP contribution in [0.4, 0.5) is 10.5 Å². The summed E-state index contributed by atoms with van der Waals surface area (Å²) in [5.74, 6) is -1.30. The SMILES string of the molecule is O=C(Nc1cccc(C(=O)NCc2ccccc2)c1)NC1CCC(C(=O)O)CC1. The Hall–Kier alpha value is -3.35. The molecule has 2 aromatic carbocycles. The molecule has 7 nitrogen and oxygen atoms in total. The Balaban J connectivity index is 1.49. The second-order valence-electron chi connectivity index (χ2n) is 7.23. The maximum absolute atomic E-state index is 12.4. The summed E-state index contributed by atoms with van der Waals surface area (Å²) in [6.45, 7) is 0.427. The minimum Gasteiger partial charge on any atom is -0.481 e. The minimum absolute atomic E-state index is 0.0389. The molecular weight excluding hydrogens is 370 g/mol. The molecule has 152 valence electrons. The fourth-order valence-corrected chi connectivity index (χ4v) is 3.46. The summed E-state index contributed by atoms with van der Waals surface area (Å²) in [6, 6.07) is 16.0. The van der Waals surface area contributed by atoms with Crippen molar-refractivity contribution in [3.05, 3.63) is 65.7 Å². The summed E-state index contributed by atoms with van der Waals surface area (Å²) in [7, 11) is 0. The highest BCUT2D eigenvalue weighted by Gasteiger charge is 2.26. The fourth-order valence-electron chi connectivity index (χ4n) is 3.46. The molecule has 1 fully saturated rings. The van der Waals surface area contributed by atoms with Gasteiger partial charge in [0.15, 0.2) is 0 Å². The topological polar surface area (TPSA) is 108 Å². The van der Waals surface area contributed by atoms with Crippen LogP contribution in [0.5, 0.6) is 0 Å². The highest BCUT2D eigenvalue weighted by atomic mass is 16.4. The number of carbonyl (C=O) groups excluding carboxylic acids is 2. The number of carboxylic acid groups (broad SMARTS) is 1. The molecule has 4 N–H and O–H groups in total. The molecule has 3 amide bonds. The summed E-state index contributed by atoms with van der Waals surface area (Å²) >= 11 is 0. The van der Waals surface area contributed by atoms with E-state index in [4.69, 9.17) is 5.11 Å². The van der Waals surface area contributed by atoms with Crippen molar-refractivity contribution in [2.75, 3.05) is 5.32 Å². The van der Waals surface area contributed by atoms with Gasteiger partial charge in [-0.2, -0.15) is 0 Å². The molecule has 0 unspecified atom stereocenters. The molecule has 0 spiro atoms. The average Bonchev–Trinajstić information content (AvgIpc) is 2.73. The van der Waals surface area contributed by atoms with Gasteiger partial charge < -0.3 is 21.1 Å². The number of aliphatic carboxylic acids is 1. The van der Waals surface area contributed by atoms with Crippen LogP contribution in [0.3, 0.4) is 0 Å². The van der Waals surface area contributed by atoms with Crippen molar-refractivity contribution in [1.29, 1.82) is 0 Å². The predicted octanol–water partition coefficient (Wildman–Crippen LogP) is 3.38. The van der Waals surface area contributed by atoms with E-state index >= 15 is 0 Å². The summed E-state index contributed by atoms with van der Waals surface area (Å²) in [5, 5.41) is 17.5. The van der Waals surface area contributed by atoms with Crippen LogP contribution < -0.4 is 16.0 Å². The number of anilines is 1. The number of hydrogen-bond acceptors (Lipinski definition) is 3. The first-order valence-corrected chi connectivity index (χ1v) is 9.74. The average molecular weight is 395 g/mol. The fraction of sp³-hybridized carbons (Fsp3) is 0.318. The number of carboxylic acids is 1. The van der Waals surface area contributed by atoms with Gasteiger partial charge in [0, 0.05) is 23.8 Å². The van der Waals surface area contributed by atoms with E-state index in [9.17, 15) is 14.4 Å². The maximum Gasteiger partial charge on any atom is 0.319 e. The molecule has 0 atom stereocenters. The van der Waals surface area contributed by atoms with Crippen LogP contribution in [0, 0.1) is 5.92 Å². The quantitative estimate of drug-likeness (QED) is 0.601. The van der Waals surface area contributed by atoms with E-state index in [2.05, 4.69) is 16.0 Å². The maximum atomic E-state index is 12.4. The van der Waals surface area contributed by atoms with Crippen molar-refractivity contribution in [2.24, 2.45) is 5.92 Å². The highest BCUT2D eigenvalue weighted by Crippen LogP contribution is 2.24. The molecule has 2 aromatic rings. The number of benzene rings is 2. The van der Waals surface area contributed by atoms with Crippen molar-refractivity contribution >= 4 is 23.6 Å². The third-order valence-electron chi connectivity index (χ3n) is 5.09. The van der Waals surface area contributed by atoms with E-state index in [0.29, 0.717) is 43.5 Å². The third-order valence-corrected chi connectivity index (χ3v) is 5.09. The molecule has 29 heavy (non-hydrogen) atoms. The van der Waals surface area contributed by atoms with Crippen molar-refractivity contribution in [2.45, 2.75) is 38.3 Å². The molecule has 7 heteroatoms. The second-order valence-corrected chi connectivity index (χ2v) is 7.23. The zero-order valence-electron chi connectivity index (χ0n) is 16.1. The Morgan fingerprint density at radius 2 is 1.66 bits per heavy atom. The predicted molar refractivity (Wildman–Crippen MR) is 110 cm³/mol. The van der Waals surface area contributed by atoms with Gasteiger partial charge in [-0.15, -0.1) is 0 Å². The van der Waals surface area contributed by atoms with Crippen LogP contribution in [0.2, 0.25) is 0 Å². The number of rotatable bonds is 6. The van der Waals surface area contributed by atoms with E-state index in [1.807, 2.05) is 30.3 Å². The smallest absolute Gasteiger partial charge is 0.319 e. The zero-order valence-corrected chi connectivity index (χ0v) is 16.1. The van der Waals surface area contributed by atoms with E-state index in [-0.39, 0.29) is 23.9 Å². The van der Waals surface area contributed by atoms with Gasteiger partial charge in [0.1, 0.15) is 0 Å². The van der Waals surface area contributed by atoms with Crippen molar-refractivity contribution in [1.82, 2.24) is 10.6 Å². The first kappa shape index (κ1) is 20.4. The van der Waals surface area contributed by atoms with Crippen molar-refractivity contribution < 1.29 is 19.5 Å². The summed E-state index contributed by atoms with van der Waals surface area (Å²) < 4.78 is 0. The van der Waals surface area contributed by atoms with Crippen LogP contribution in [0.1, 0.15) is 41.6 Å². The van der Waals surface area contributed by atoms with Crippen LogP contribution in [0.15, 0.2) is 54.6 Å². The number of amides is 3. The van der Waals surface area contributed by atoms with E-state index < -0.39 is 5.97 Å². The van der Waals surface area contributed by atoms with Gasteiger partial charge >= 0.3 is 12.0 Å². The molecule has 0 saturated heterocycles. The van der Waals surface area contributed by atoms with Crippen LogP contribution in [-0.2, 0) is 11.3 Å². The minimum atomic E-state index is -0.768. The Kier molecular flexibility index (Phi) is 6.84. The Labute approximate surface area is 169 Å². The lowest BCUT2D eigenvalue weighted by atomic mass is 9.86. The monoisotopic (exact) mass is 395 g/mol. The Bertz CT molecular complexity index is 861. The van der Waals surface area contributed by atoms with E-state index in [0.717, 1.165) is 5.56 Å². The number of carbonyl (C=O) groups is 3. The molecular formula is C22H25N3O4. The van der Waals surface area contributed by atoms with Gasteiger partial charge in [-0.05, 0) is 49.4 Å². The molecule has 1 saturated carbocycles. The first-order chi connectivity index (χ1) is 14.0. The zero-order chi connectivity index (χ0) is 20.6. The van der Waals surface area contributed by atoms with E-state index in [1.54, 1.807) is 24.3 Å². The van der Waals surface area contributed by atoms with Crippen molar-refractivity contribution in [3.8, 4) is 0 Å². The third kappa shape index (κ3) is 6.07. The van der Waals surface area contributed by atoms with Crippen LogP contribution in [0.25, 0.3) is 0 Å². The largest absolute Gasteiger partial charge is 0.481 e. The van der Waals surface area contributed by atoms with E-state index in [1.165, 1.54) is 0 Å². The van der Waals surface area contributed by atoms with Gasteiger partial charge in [-0.3, -0.25) is 9.59 Å². The molecule has 1 aliphatic carbocycles. The Morgan fingerprint density at radius 3 is 2.34 bits per heavy atom. The molecule has 0 radical (unpaired) electrons. The standard InChI is InChI=1S/C22H25N3O4/c26-20(23-14-15-5-2-1-3-6-15)17-7-4-8-19(13-17)25-22(29)24-18-11-9-16(10-12-18)21(27)28/h1-8,13,16,18H,9-12,14H2,(H,23,26)(H,27,28)(H2,24,25,29). The number of nitrogens with one attached hydrogen (secondary N) is 3. The summed E-state index contributed by atoms with van der Waals surface area (Å²) in [4.78, 5) is 35.6.